The van der Waals surface area contributed by atoms with Crippen LogP contribution in [0.1, 0.15) is 117 Å². The van der Waals surface area contributed by atoms with Gasteiger partial charge in [0.05, 0.1) is 74.9 Å². The lowest BCUT2D eigenvalue weighted by Gasteiger charge is -2.34. The predicted octanol–water partition coefficient (Wildman–Crippen LogP) is 17.9. The van der Waals surface area contributed by atoms with Crippen molar-refractivity contribution in [3.63, 3.8) is 0 Å². The second kappa shape index (κ2) is 23.0. The maximum Gasteiger partial charge on any atom is 0.160 e. The van der Waals surface area contributed by atoms with Gasteiger partial charge in [0.15, 0.2) is 3.92 Å². The molecule has 0 radical (unpaired) electrons. The quantitative estimate of drug-likeness (QED) is 0.133. The Labute approximate surface area is 471 Å². The average molecular weight is 1300 g/mol. The van der Waals surface area contributed by atoms with Crippen LogP contribution in [0.5, 0.6) is 0 Å². The summed E-state index contributed by atoms with van der Waals surface area (Å²) in [7, 11) is 0. The van der Waals surface area contributed by atoms with Crippen molar-refractivity contribution in [2.24, 2.45) is 0 Å². The number of halogens is 9. The van der Waals surface area contributed by atoms with E-state index in [9.17, 15) is 18.7 Å². The van der Waals surface area contributed by atoms with E-state index in [1.165, 1.54) is 34.8 Å². The fourth-order valence-electron chi connectivity index (χ4n) is 9.05. The minimum atomic E-state index is -1.04. The minimum absolute atomic E-state index is 0.0252. The maximum atomic E-state index is 13.9. The van der Waals surface area contributed by atoms with Crippen LogP contribution in [0, 0.1) is 11.6 Å². The number of fused-ring (bicyclic) bond motifs is 2. The Kier molecular flexibility index (Phi) is 16.8. The van der Waals surface area contributed by atoms with E-state index in [0.29, 0.717) is 137 Å². The molecule has 382 valence electrons. The fourth-order valence-corrected chi connectivity index (χ4v) is 13.7. The molecule has 0 atom stereocenters. The minimum Gasteiger partial charge on any atom is -0.383 e. The molecule has 4 heterocycles. The number of aliphatic hydroxyl groups is 1. The summed E-state index contributed by atoms with van der Waals surface area (Å²) in [5.74, 6) is 2.19. The molecule has 0 bridgehead atoms. The number of ketones is 1. The number of hydrogen-bond acceptors (Lipinski definition) is 12. The third-order valence-corrected chi connectivity index (χ3v) is 18.5. The van der Waals surface area contributed by atoms with Crippen LogP contribution in [-0.4, -0.2) is 43.4 Å². The molecule has 8 aromatic rings. The molecule has 4 fully saturated rings. The van der Waals surface area contributed by atoms with Crippen LogP contribution in [0.2, 0.25) is 20.1 Å². The number of rotatable bonds is 11. The van der Waals surface area contributed by atoms with Gasteiger partial charge >= 0.3 is 0 Å². The highest BCUT2D eigenvalue weighted by molar-refractivity contribution is 9.11. The zero-order chi connectivity index (χ0) is 51.1. The lowest BCUT2D eigenvalue weighted by molar-refractivity contribution is -0.123. The Bertz CT molecular complexity index is 3210. The van der Waals surface area contributed by atoms with E-state index in [2.05, 4.69) is 68.1 Å². The maximum absolute atomic E-state index is 13.9. The number of ether oxygens (including phenoxy) is 2. The number of carbonyl (C=O) groups excluding carboxylic acids is 1. The highest BCUT2D eigenvalue weighted by atomic mass is 79.9. The lowest BCUT2D eigenvalue weighted by Crippen LogP contribution is -2.34. The molecule has 4 aromatic heterocycles. The molecule has 21 heteroatoms. The van der Waals surface area contributed by atoms with E-state index in [-0.39, 0.29) is 23.8 Å². The Balaban J connectivity index is 0.000000142. The number of hydrogen-bond donors (Lipinski definition) is 1. The largest absolute Gasteiger partial charge is 0.383 e. The average Bonchev–Trinajstić information content (AvgIpc) is 4.23. The van der Waals surface area contributed by atoms with Gasteiger partial charge in [-0.05, 0) is 148 Å². The van der Waals surface area contributed by atoms with Crippen molar-refractivity contribution in [3.05, 3.63) is 133 Å². The van der Waals surface area contributed by atoms with Gasteiger partial charge in [-0.15, -0.1) is 22.7 Å². The molecule has 4 aliphatic rings. The van der Waals surface area contributed by atoms with Gasteiger partial charge in [0.1, 0.15) is 50.9 Å². The first kappa shape index (κ1) is 53.5. The summed E-state index contributed by atoms with van der Waals surface area (Å²) < 4.78 is 54.2. The van der Waals surface area contributed by atoms with Gasteiger partial charge < -0.3 is 23.6 Å². The molecule has 0 unspecified atom stereocenters. The molecule has 10 nitrogen and oxygen atoms in total. The van der Waals surface area contributed by atoms with Crippen LogP contribution in [0.3, 0.4) is 0 Å². The molecule has 1 N–H and O–H groups in total. The van der Waals surface area contributed by atoms with Gasteiger partial charge in [-0.3, -0.25) is 4.79 Å². The third-order valence-electron chi connectivity index (χ3n) is 13.3. The van der Waals surface area contributed by atoms with Gasteiger partial charge in [0, 0.05) is 59.1 Å². The second-order valence-corrected chi connectivity index (χ2v) is 25.2. The number of nitrogens with zero attached hydrogens (tertiary/aromatic N) is 4. The Morgan fingerprint density at radius 2 is 1.08 bits per heavy atom. The normalized spacial score (nSPS) is 19.3. The summed E-state index contributed by atoms with van der Waals surface area (Å²) in [6.45, 7) is 0.745. The van der Waals surface area contributed by atoms with E-state index < -0.39 is 5.60 Å². The number of thiazole rings is 2. The topological polar surface area (TPSA) is 134 Å². The summed E-state index contributed by atoms with van der Waals surface area (Å²) in [5, 5.41) is 22.7. The standard InChI is InChI=1S/C26H22BrCl2FN2O3S.C19H19Cl2NO3.C7H2Br2FNS/c27-16-10-21-20(11-19(16)30)31-25(36-21)26(33)8-6-14(7-9-26)34-12-15-23(32-35-24(15)13-4-5-13)22-17(28)2-1-3-18(22)29;20-15-2-1-3-16(21)17(15)18-14(19(25-22-18)11-4-5-11)10-24-13-8-6-12(23)7-9-13;8-3-1-6-5(2-4(3)10)11-7(9)12-6/h1-3,10-11,13-14,33H,4-9,12H2;1-3,11,13H,4-10H2;1-2H. The van der Waals surface area contributed by atoms with E-state index in [1.807, 2.05) is 6.07 Å². The predicted molar refractivity (Wildman–Crippen MR) is 293 cm³/mol. The summed E-state index contributed by atoms with van der Waals surface area (Å²) in [6, 6.07) is 17.0. The Morgan fingerprint density at radius 3 is 1.55 bits per heavy atom. The molecule has 4 saturated carbocycles. The van der Waals surface area contributed by atoms with Gasteiger partial charge in [0.25, 0.3) is 0 Å². The molecule has 4 aromatic carbocycles. The van der Waals surface area contributed by atoms with Gasteiger partial charge in [-0.1, -0.05) is 68.8 Å². The number of Topliss-reactive ketones (excluding diaryl/α,β-unsaturated/α-hetero) is 1. The first-order valence-corrected chi connectivity index (χ1v) is 29.1. The van der Waals surface area contributed by atoms with E-state index >= 15 is 0 Å². The van der Waals surface area contributed by atoms with Gasteiger partial charge in [-0.2, -0.15) is 0 Å². The molecule has 0 aliphatic heterocycles. The van der Waals surface area contributed by atoms with Crippen molar-refractivity contribution in [2.75, 3.05) is 0 Å². The second-order valence-electron chi connectivity index (χ2n) is 18.5. The SMILES string of the molecule is Fc1cc2nc(Br)sc2cc1Br.O=C1CCC(OCc2c(-c3c(Cl)cccc3Cl)noc2C2CC2)CC1.OC1(c2nc3cc(F)c(Br)cc3s2)CCC(OCc2c(-c3c(Cl)cccc3Cl)noc2C2CC2)CC1. The number of carbonyl (C=O) groups is 1. The van der Waals surface area contributed by atoms with Crippen LogP contribution < -0.4 is 0 Å². The molecule has 12 rings (SSSR count). The van der Waals surface area contributed by atoms with Crippen molar-refractivity contribution in [1.29, 1.82) is 0 Å². The van der Waals surface area contributed by atoms with E-state index in [1.54, 1.807) is 42.5 Å². The molecule has 73 heavy (non-hydrogen) atoms. The number of benzene rings is 4. The van der Waals surface area contributed by atoms with E-state index in [4.69, 9.17) is 64.9 Å². The molecule has 0 saturated heterocycles. The lowest BCUT2D eigenvalue weighted by atomic mass is 9.83. The van der Waals surface area contributed by atoms with Crippen LogP contribution in [0.15, 0.2) is 82.6 Å². The Morgan fingerprint density at radius 1 is 0.644 bits per heavy atom. The first-order chi connectivity index (χ1) is 35.1. The van der Waals surface area contributed by atoms with Crippen LogP contribution in [0.4, 0.5) is 8.78 Å². The summed E-state index contributed by atoms with van der Waals surface area (Å²) in [4.78, 5) is 20.0. The molecule has 0 spiro atoms. The van der Waals surface area contributed by atoms with Crippen molar-refractivity contribution >= 4 is 143 Å². The first-order valence-electron chi connectivity index (χ1n) is 23.6. The fraction of sp³-hybridized carbons (Fsp3) is 0.365. The molecular weight excluding hydrogens is 1260 g/mol. The highest BCUT2D eigenvalue weighted by Crippen LogP contribution is 2.49. The summed E-state index contributed by atoms with van der Waals surface area (Å²) >= 11 is 38.1. The van der Waals surface area contributed by atoms with Gasteiger partial charge in [-0.25, -0.2) is 18.7 Å². The van der Waals surface area contributed by atoms with Crippen molar-refractivity contribution in [1.82, 2.24) is 20.3 Å². The van der Waals surface area contributed by atoms with Crippen molar-refractivity contribution in [2.45, 2.75) is 120 Å². The monoisotopic (exact) mass is 1300 g/mol. The molecule has 0 amide bonds. The smallest absolute Gasteiger partial charge is 0.160 e. The zero-order valence-corrected chi connectivity index (χ0v) is 47.9. The highest BCUT2D eigenvalue weighted by Gasteiger charge is 2.40. The van der Waals surface area contributed by atoms with Crippen LogP contribution >= 0.6 is 117 Å². The van der Waals surface area contributed by atoms with Crippen molar-refractivity contribution < 1.29 is 37.2 Å². The van der Waals surface area contributed by atoms with Crippen LogP contribution in [-0.2, 0) is 33.1 Å². The van der Waals surface area contributed by atoms with Crippen LogP contribution in [0.25, 0.3) is 42.9 Å². The van der Waals surface area contributed by atoms with Gasteiger partial charge in [0.2, 0.25) is 0 Å². The Hall–Kier alpha value is -2.91. The molecule has 4 aliphatic carbocycles. The third kappa shape index (κ3) is 12.3. The number of aromatic nitrogens is 4. The summed E-state index contributed by atoms with van der Waals surface area (Å²) in [5.41, 5.74) is 4.70. The zero-order valence-electron chi connectivity index (χ0n) is 38.5. The van der Waals surface area contributed by atoms with E-state index in [0.717, 1.165) is 74.5 Å². The molecular formula is C52H43Br3Cl4F2N4O6S2. The summed E-state index contributed by atoms with van der Waals surface area (Å²) in [6.07, 6.45) is 9.59. The van der Waals surface area contributed by atoms with Crippen molar-refractivity contribution in [3.8, 4) is 22.5 Å².